The van der Waals surface area contributed by atoms with Crippen molar-refractivity contribution >= 4 is 29.2 Å². The molecule has 0 unspecified atom stereocenters. The number of carbonyl (C=O) groups excluding carboxylic acids is 1. The molecule has 1 aromatic carbocycles. The summed E-state index contributed by atoms with van der Waals surface area (Å²) < 4.78 is 7.94. The van der Waals surface area contributed by atoms with Gasteiger partial charge in [0.05, 0.1) is 18.0 Å². The summed E-state index contributed by atoms with van der Waals surface area (Å²) in [4.78, 5) is 41.7. The zero-order valence-electron chi connectivity index (χ0n) is 19.4. The first kappa shape index (κ1) is 25.2. The number of aryl methyl sites for hydroxylation is 1. The van der Waals surface area contributed by atoms with Crippen LogP contribution in [0, 0.1) is 6.92 Å². The number of nitrogen functional groups attached to an aromatic ring is 1. The van der Waals surface area contributed by atoms with Crippen LogP contribution in [0.25, 0.3) is 5.69 Å². The number of rotatable bonds is 11. The molecule has 0 aliphatic rings. The summed E-state index contributed by atoms with van der Waals surface area (Å²) in [6.07, 6.45) is 1.53. The van der Waals surface area contributed by atoms with Gasteiger partial charge in [-0.15, -0.1) is 5.10 Å². The Morgan fingerprint density at radius 2 is 2.12 bits per heavy atom. The Hall–Kier alpha value is -3.45. The van der Waals surface area contributed by atoms with Crippen molar-refractivity contribution in [1.29, 1.82) is 0 Å². The van der Waals surface area contributed by atoms with E-state index in [-0.39, 0.29) is 30.4 Å². The predicted molar refractivity (Wildman–Crippen MR) is 129 cm³/mol. The normalized spacial score (nSPS) is 11.0. The number of anilines is 2. The van der Waals surface area contributed by atoms with Crippen molar-refractivity contribution in [2.24, 2.45) is 0 Å². The predicted octanol–water partition coefficient (Wildman–Crippen LogP) is 0.975. The monoisotopic (exact) mass is 488 g/mol. The lowest BCUT2D eigenvalue weighted by molar-refractivity contribution is -0.116. The Bertz CT molecular complexity index is 1250. The minimum atomic E-state index is -0.728. The number of hydrogen-bond acceptors (Lipinski definition) is 9. The highest BCUT2D eigenvalue weighted by atomic mass is 32.2. The molecule has 0 spiro atoms. The number of methoxy groups -OCH3 is 1. The number of benzene rings is 1. The van der Waals surface area contributed by atoms with E-state index in [9.17, 15) is 14.4 Å². The lowest BCUT2D eigenvalue weighted by Crippen LogP contribution is -2.43. The fourth-order valence-corrected chi connectivity index (χ4v) is 4.08. The second-order valence-electron chi connectivity index (χ2n) is 7.54. The van der Waals surface area contributed by atoms with E-state index in [0.717, 1.165) is 29.4 Å². The van der Waals surface area contributed by atoms with Crippen molar-refractivity contribution in [2.75, 3.05) is 36.6 Å². The zero-order valence-corrected chi connectivity index (χ0v) is 20.2. The molecule has 3 rings (SSSR count). The van der Waals surface area contributed by atoms with E-state index in [0.29, 0.717) is 18.1 Å². The number of carbonyl (C=O) groups is 1. The van der Waals surface area contributed by atoms with Gasteiger partial charge in [-0.1, -0.05) is 37.2 Å². The largest absolute Gasteiger partial charge is 0.383 e. The molecule has 0 aliphatic heterocycles. The molecule has 34 heavy (non-hydrogen) atoms. The number of nitrogens with one attached hydrogen (secondary N) is 1. The summed E-state index contributed by atoms with van der Waals surface area (Å²) in [6, 6.07) is 7.63. The number of thioether (sulfide) groups is 1. The number of nitrogens with zero attached hydrogens (tertiary/aromatic N) is 6. The Morgan fingerprint density at radius 1 is 1.32 bits per heavy atom. The van der Waals surface area contributed by atoms with Crippen LogP contribution in [-0.2, 0) is 16.1 Å². The smallest absolute Gasteiger partial charge is 0.330 e. The van der Waals surface area contributed by atoms with Gasteiger partial charge in [-0.3, -0.25) is 19.1 Å². The minimum absolute atomic E-state index is 0.0544. The van der Waals surface area contributed by atoms with Crippen LogP contribution in [0.15, 0.2) is 39.0 Å². The van der Waals surface area contributed by atoms with Crippen molar-refractivity contribution in [2.45, 2.75) is 38.4 Å². The van der Waals surface area contributed by atoms with Gasteiger partial charge in [0.15, 0.2) is 5.69 Å². The molecular weight excluding hydrogens is 460 g/mol. The Labute approximate surface area is 200 Å². The van der Waals surface area contributed by atoms with Crippen molar-refractivity contribution < 1.29 is 9.53 Å². The van der Waals surface area contributed by atoms with Gasteiger partial charge in [-0.2, -0.15) is 4.68 Å². The summed E-state index contributed by atoms with van der Waals surface area (Å²) in [5, 5.41) is 12.2. The molecule has 3 aromatic rings. The molecule has 0 bridgehead atoms. The van der Waals surface area contributed by atoms with Crippen molar-refractivity contribution in [3.05, 3.63) is 50.7 Å². The SMILES string of the molecule is CCCCn1c(N)c(N(CCOC)C(=O)CSc2nnnn2-c2cccc(C)c2)c(=O)[nH]c1=O. The lowest BCUT2D eigenvalue weighted by Gasteiger charge is -2.24. The van der Waals surface area contributed by atoms with Gasteiger partial charge in [0.2, 0.25) is 11.1 Å². The Morgan fingerprint density at radius 3 is 2.82 bits per heavy atom. The van der Waals surface area contributed by atoms with E-state index in [4.69, 9.17) is 10.5 Å². The van der Waals surface area contributed by atoms with E-state index in [1.54, 1.807) is 0 Å². The maximum absolute atomic E-state index is 13.2. The highest BCUT2D eigenvalue weighted by Gasteiger charge is 2.25. The van der Waals surface area contributed by atoms with Gasteiger partial charge < -0.3 is 15.4 Å². The lowest BCUT2D eigenvalue weighted by atomic mass is 10.2. The molecule has 0 radical (unpaired) electrons. The first-order chi connectivity index (χ1) is 16.4. The Balaban J connectivity index is 1.88. The van der Waals surface area contributed by atoms with Crippen molar-refractivity contribution in [1.82, 2.24) is 29.8 Å². The van der Waals surface area contributed by atoms with E-state index in [1.165, 1.54) is 21.3 Å². The van der Waals surface area contributed by atoms with Crippen molar-refractivity contribution in [3.8, 4) is 5.69 Å². The molecule has 3 N–H and O–H groups in total. The van der Waals surface area contributed by atoms with Crippen LogP contribution in [0.3, 0.4) is 0 Å². The van der Waals surface area contributed by atoms with Crippen LogP contribution in [0.4, 0.5) is 11.5 Å². The number of aromatic amines is 1. The second-order valence-corrected chi connectivity index (χ2v) is 8.48. The van der Waals surface area contributed by atoms with E-state index >= 15 is 0 Å². The van der Waals surface area contributed by atoms with E-state index in [1.807, 2.05) is 38.1 Å². The molecule has 12 nitrogen and oxygen atoms in total. The molecule has 13 heteroatoms. The van der Waals surface area contributed by atoms with Gasteiger partial charge in [-0.05, 0) is 41.5 Å². The van der Waals surface area contributed by atoms with Crippen LogP contribution in [0.2, 0.25) is 0 Å². The van der Waals surface area contributed by atoms with Gasteiger partial charge in [-0.25, -0.2) is 4.79 Å². The molecule has 0 fully saturated rings. The van der Waals surface area contributed by atoms with Crippen LogP contribution >= 0.6 is 11.8 Å². The quantitative estimate of drug-likeness (QED) is 0.376. The first-order valence-electron chi connectivity index (χ1n) is 10.8. The third-order valence-corrected chi connectivity index (χ3v) is 5.96. The van der Waals surface area contributed by atoms with Gasteiger partial charge in [0.1, 0.15) is 5.82 Å². The second kappa shape index (κ2) is 11.6. The third kappa shape index (κ3) is 5.72. The highest BCUT2D eigenvalue weighted by Crippen LogP contribution is 2.22. The number of ether oxygens (including phenoxy) is 1. The Kier molecular flexibility index (Phi) is 8.60. The number of nitrogens with two attached hydrogens (primary N) is 1. The topological polar surface area (TPSA) is 154 Å². The fraction of sp³-hybridized carbons (Fsp3) is 0.429. The standard InChI is InChI=1S/C21H28N8O4S/c1-4-5-9-28-18(22)17(19(31)23-20(28)32)27(10-11-33-3)16(30)13-34-21-24-25-26-29(21)15-8-6-7-14(2)12-15/h6-8,12H,4-5,9-11,13,22H2,1-3H3,(H,23,31,32). The minimum Gasteiger partial charge on any atom is -0.383 e. The number of amides is 1. The van der Waals surface area contributed by atoms with Crippen molar-refractivity contribution in [3.63, 3.8) is 0 Å². The van der Waals surface area contributed by atoms with Gasteiger partial charge in [0, 0.05) is 20.2 Å². The maximum atomic E-state index is 13.2. The van der Waals surface area contributed by atoms with Crippen LogP contribution in [0.5, 0.6) is 0 Å². The number of unbranched alkanes of at least 4 members (excludes halogenated alkanes) is 1. The summed E-state index contributed by atoms with van der Waals surface area (Å²) in [7, 11) is 1.49. The first-order valence-corrected chi connectivity index (χ1v) is 11.8. The summed E-state index contributed by atoms with van der Waals surface area (Å²) >= 11 is 1.13. The van der Waals surface area contributed by atoms with Crippen LogP contribution in [0.1, 0.15) is 25.3 Å². The molecule has 1 amide bonds. The number of hydrogen-bond donors (Lipinski definition) is 2. The molecule has 0 atom stereocenters. The molecule has 0 saturated carbocycles. The third-order valence-electron chi connectivity index (χ3n) is 5.05. The molecule has 0 saturated heterocycles. The highest BCUT2D eigenvalue weighted by molar-refractivity contribution is 7.99. The van der Waals surface area contributed by atoms with Crippen LogP contribution < -0.4 is 21.9 Å². The molecule has 182 valence electrons. The number of tetrazole rings is 1. The van der Waals surface area contributed by atoms with E-state index < -0.39 is 17.2 Å². The van der Waals surface area contributed by atoms with Crippen LogP contribution in [-0.4, -0.2) is 61.7 Å². The number of H-pyrrole nitrogens is 1. The van der Waals surface area contributed by atoms with Gasteiger partial charge in [0.25, 0.3) is 5.56 Å². The summed E-state index contributed by atoms with van der Waals surface area (Å²) in [5.74, 6) is -0.525. The van der Waals surface area contributed by atoms with Gasteiger partial charge >= 0.3 is 5.69 Å². The molecular formula is C21H28N8O4S. The fourth-order valence-electron chi connectivity index (χ4n) is 3.32. The van der Waals surface area contributed by atoms with E-state index in [2.05, 4.69) is 20.5 Å². The average Bonchev–Trinajstić information content (AvgIpc) is 3.28. The molecule has 0 aliphatic carbocycles. The maximum Gasteiger partial charge on any atom is 0.330 e. The molecule has 2 aromatic heterocycles. The average molecular weight is 489 g/mol. The number of aromatic nitrogens is 6. The molecule has 2 heterocycles. The zero-order chi connectivity index (χ0) is 24.7. The summed E-state index contributed by atoms with van der Waals surface area (Å²) in [6.45, 7) is 4.52. The summed E-state index contributed by atoms with van der Waals surface area (Å²) in [5.41, 5.74) is 6.60.